The van der Waals surface area contributed by atoms with Crippen LogP contribution < -0.4 is 5.32 Å². The number of rotatable bonds is 4. The number of carboxylic acids is 1. The van der Waals surface area contributed by atoms with Gasteiger partial charge < -0.3 is 15.2 Å². The molecule has 2 atom stereocenters. The van der Waals surface area contributed by atoms with Crippen molar-refractivity contribution in [3.05, 3.63) is 0 Å². The standard InChI is InChI=1S/C11H19NO4/c1-11(2,10(14)15)9(13)12-7-4-5-8(6-7)16-3/h7-8H,4-6H2,1-3H3,(H,12,13)(H,14,15). The lowest BCUT2D eigenvalue weighted by Crippen LogP contribution is -2.46. The number of aliphatic carboxylic acids is 1. The van der Waals surface area contributed by atoms with Crippen LogP contribution in [-0.4, -0.2) is 36.2 Å². The van der Waals surface area contributed by atoms with Crippen LogP contribution in [0, 0.1) is 5.41 Å². The summed E-state index contributed by atoms with van der Waals surface area (Å²) in [6.07, 6.45) is 2.70. The van der Waals surface area contributed by atoms with Crippen molar-refractivity contribution in [3.8, 4) is 0 Å². The van der Waals surface area contributed by atoms with Crippen molar-refractivity contribution < 1.29 is 19.4 Å². The van der Waals surface area contributed by atoms with Gasteiger partial charge in [0, 0.05) is 13.2 Å². The molecule has 1 amide bonds. The van der Waals surface area contributed by atoms with E-state index in [0.29, 0.717) is 0 Å². The van der Waals surface area contributed by atoms with Gasteiger partial charge in [0.1, 0.15) is 5.41 Å². The van der Waals surface area contributed by atoms with E-state index in [0.717, 1.165) is 19.3 Å². The van der Waals surface area contributed by atoms with E-state index in [1.165, 1.54) is 13.8 Å². The summed E-state index contributed by atoms with van der Waals surface area (Å²) in [5.74, 6) is -1.53. The van der Waals surface area contributed by atoms with Gasteiger partial charge in [-0.25, -0.2) is 0 Å². The number of carbonyl (C=O) groups excluding carboxylic acids is 1. The highest BCUT2D eigenvalue weighted by Crippen LogP contribution is 2.23. The van der Waals surface area contributed by atoms with Gasteiger partial charge in [-0.1, -0.05) is 0 Å². The summed E-state index contributed by atoms with van der Waals surface area (Å²) in [5, 5.41) is 11.7. The number of nitrogens with one attached hydrogen (secondary N) is 1. The molecule has 0 radical (unpaired) electrons. The first kappa shape index (κ1) is 13.0. The second-order valence-electron chi connectivity index (χ2n) is 4.77. The molecule has 0 saturated heterocycles. The maximum Gasteiger partial charge on any atom is 0.318 e. The molecule has 0 aromatic heterocycles. The van der Waals surface area contributed by atoms with Gasteiger partial charge >= 0.3 is 5.97 Å². The summed E-state index contributed by atoms with van der Waals surface area (Å²) in [5.41, 5.74) is -1.37. The van der Waals surface area contributed by atoms with E-state index in [4.69, 9.17) is 9.84 Å². The Hall–Kier alpha value is -1.10. The van der Waals surface area contributed by atoms with Crippen LogP contribution in [0.25, 0.3) is 0 Å². The fourth-order valence-electron chi connectivity index (χ4n) is 1.75. The molecule has 1 aliphatic rings. The molecule has 1 rings (SSSR count). The lowest BCUT2D eigenvalue weighted by molar-refractivity contribution is -0.153. The SMILES string of the molecule is COC1CCC(NC(=O)C(C)(C)C(=O)O)C1. The lowest BCUT2D eigenvalue weighted by atomic mass is 9.92. The first-order valence-electron chi connectivity index (χ1n) is 5.45. The number of methoxy groups -OCH3 is 1. The highest BCUT2D eigenvalue weighted by molar-refractivity contribution is 6.01. The van der Waals surface area contributed by atoms with E-state index in [9.17, 15) is 9.59 Å². The molecule has 92 valence electrons. The van der Waals surface area contributed by atoms with Gasteiger partial charge in [-0.3, -0.25) is 9.59 Å². The zero-order valence-electron chi connectivity index (χ0n) is 9.95. The van der Waals surface area contributed by atoms with Crippen molar-refractivity contribution in [1.29, 1.82) is 0 Å². The molecule has 2 N–H and O–H groups in total. The number of ether oxygens (including phenoxy) is 1. The molecular weight excluding hydrogens is 210 g/mol. The Morgan fingerprint density at radius 3 is 2.44 bits per heavy atom. The Kier molecular flexibility index (Phi) is 3.91. The number of hydrogen-bond donors (Lipinski definition) is 2. The highest BCUT2D eigenvalue weighted by atomic mass is 16.5. The normalized spacial score (nSPS) is 25.4. The molecule has 0 aromatic rings. The quantitative estimate of drug-likeness (QED) is 0.698. The third-order valence-corrected chi connectivity index (χ3v) is 3.16. The minimum atomic E-state index is -1.37. The van der Waals surface area contributed by atoms with Crippen molar-refractivity contribution in [2.75, 3.05) is 7.11 Å². The van der Waals surface area contributed by atoms with E-state index in [2.05, 4.69) is 5.32 Å². The zero-order chi connectivity index (χ0) is 12.3. The Morgan fingerprint density at radius 1 is 1.38 bits per heavy atom. The molecule has 5 heteroatoms. The average molecular weight is 229 g/mol. The van der Waals surface area contributed by atoms with Crippen molar-refractivity contribution in [1.82, 2.24) is 5.32 Å². The van der Waals surface area contributed by atoms with Gasteiger partial charge in [-0.2, -0.15) is 0 Å². The van der Waals surface area contributed by atoms with Crippen LogP contribution in [0.15, 0.2) is 0 Å². The van der Waals surface area contributed by atoms with Crippen LogP contribution in [0.5, 0.6) is 0 Å². The van der Waals surface area contributed by atoms with Crippen LogP contribution in [-0.2, 0) is 14.3 Å². The summed E-state index contributed by atoms with van der Waals surface area (Å²) in [4.78, 5) is 22.6. The summed E-state index contributed by atoms with van der Waals surface area (Å²) < 4.78 is 5.19. The minimum Gasteiger partial charge on any atom is -0.480 e. The van der Waals surface area contributed by atoms with Gasteiger partial charge in [0.2, 0.25) is 5.91 Å². The Labute approximate surface area is 95.2 Å². The number of carbonyl (C=O) groups is 2. The lowest BCUT2D eigenvalue weighted by Gasteiger charge is -2.21. The van der Waals surface area contributed by atoms with E-state index in [-0.39, 0.29) is 12.1 Å². The molecule has 0 spiro atoms. The van der Waals surface area contributed by atoms with Crippen molar-refractivity contribution in [3.63, 3.8) is 0 Å². The molecule has 2 unspecified atom stereocenters. The molecule has 1 aliphatic carbocycles. The Morgan fingerprint density at radius 2 is 2.00 bits per heavy atom. The Bertz CT molecular complexity index is 288. The molecule has 1 fully saturated rings. The van der Waals surface area contributed by atoms with Gasteiger partial charge in [-0.05, 0) is 33.1 Å². The highest BCUT2D eigenvalue weighted by Gasteiger charge is 2.38. The fraction of sp³-hybridized carbons (Fsp3) is 0.818. The minimum absolute atomic E-state index is 0.0380. The summed E-state index contributed by atoms with van der Waals surface area (Å²) in [6, 6.07) is 0.0380. The average Bonchev–Trinajstić information content (AvgIpc) is 2.65. The van der Waals surface area contributed by atoms with Crippen LogP contribution >= 0.6 is 0 Å². The maximum atomic E-state index is 11.7. The predicted octanol–water partition coefficient (Wildman–Crippen LogP) is 0.781. The van der Waals surface area contributed by atoms with Crippen LogP contribution in [0.4, 0.5) is 0 Å². The van der Waals surface area contributed by atoms with Crippen molar-refractivity contribution in [2.45, 2.75) is 45.3 Å². The van der Waals surface area contributed by atoms with Gasteiger partial charge in [0.25, 0.3) is 0 Å². The second kappa shape index (κ2) is 4.82. The molecule has 16 heavy (non-hydrogen) atoms. The van der Waals surface area contributed by atoms with E-state index >= 15 is 0 Å². The maximum absolute atomic E-state index is 11.7. The molecule has 1 saturated carbocycles. The van der Waals surface area contributed by atoms with Crippen molar-refractivity contribution in [2.24, 2.45) is 5.41 Å². The van der Waals surface area contributed by atoms with Crippen LogP contribution in [0.1, 0.15) is 33.1 Å². The van der Waals surface area contributed by atoms with Crippen LogP contribution in [0.2, 0.25) is 0 Å². The smallest absolute Gasteiger partial charge is 0.318 e. The first-order valence-corrected chi connectivity index (χ1v) is 5.45. The second-order valence-corrected chi connectivity index (χ2v) is 4.77. The third kappa shape index (κ3) is 2.72. The Balaban J connectivity index is 2.50. The number of amides is 1. The molecule has 0 heterocycles. The van der Waals surface area contributed by atoms with Gasteiger partial charge in [-0.15, -0.1) is 0 Å². The first-order chi connectivity index (χ1) is 7.37. The topological polar surface area (TPSA) is 75.6 Å². The van der Waals surface area contributed by atoms with Gasteiger partial charge in [0.15, 0.2) is 0 Å². The number of carboxylic acid groups (broad SMARTS) is 1. The van der Waals surface area contributed by atoms with Crippen LogP contribution in [0.3, 0.4) is 0 Å². The summed E-state index contributed by atoms with van der Waals surface area (Å²) >= 11 is 0. The van der Waals surface area contributed by atoms with E-state index < -0.39 is 17.3 Å². The fourth-order valence-corrected chi connectivity index (χ4v) is 1.75. The number of hydrogen-bond acceptors (Lipinski definition) is 3. The third-order valence-electron chi connectivity index (χ3n) is 3.16. The van der Waals surface area contributed by atoms with Gasteiger partial charge in [0.05, 0.1) is 6.10 Å². The molecule has 0 aliphatic heterocycles. The zero-order valence-corrected chi connectivity index (χ0v) is 9.95. The van der Waals surface area contributed by atoms with E-state index in [1.807, 2.05) is 0 Å². The molecule has 5 nitrogen and oxygen atoms in total. The summed E-state index contributed by atoms with van der Waals surface area (Å²) in [7, 11) is 1.65. The van der Waals surface area contributed by atoms with Crippen molar-refractivity contribution >= 4 is 11.9 Å². The predicted molar refractivity (Wildman–Crippen MR) is 58.0 cm³/mol. The summed E-state index contributed by atoms with van der Waals surface area (Å²) in [6.45, 7) is 2.82. The van der Waals surface area contributed by atoms with E-state index in [1.54, 1.807) is 7.11 Å². The largest absolute Gasteiger partial charge is 0.480 e. The monoisotopic (exact) mass is 229 g/mol. The molecule has 0 aromatic carbocycles. The molecular formula is C11H19NO4. The molecule has 0 bridgehead atoms.